The fourth-order valence-electron chi connectivity index (χ4n) is 7.04. The molecule has 0 fully saturated rings. The van der Waals surface area contributed by atoms with Crippen LogP contribution in [0, 0.1) is 11.8 Å². The van der Waals surface area contributed by atoms with Gasteiger partial charge in [0.2, 0.25) is 0 Å². The molecule has 0 aliphatic carbocycles. The summed E-state index contributed by atoms with van der Waals surface area (Å²) in [7, 11) is 0. The first kappa shape index (κ1) is 47.1. The molecule has 0 saturated carbocycles. The molecular weight excluding hydrogens is 594 g/mol. The van der Waals surface area contributed by atoms with Crippen LogP contribution in [0.2, 0.25) is 0 Å². The summed E-state index contributed by atoms with van der Waals surface area (Å²) < 4.78 is 5.80. The molecule has 2 unspecified atom stereocenters. The third-order valence-electron chi connectivity index (χ3n) is 10.3. The number of rotatable bonds is 39. The summed E-state index contributed by atoms with van der Waals surface area (Å²) in [5.41, 5.74) is 0. The van der Waals surface area contributed by atoms with Crippen LogP contribution in [-0.2, 0) is 14.3 Å². The molecule has 0 heterocycles. The maximum Gasteiger partial charge on any atom is 0.308 e. The predicted molar refractivity (Wildman–Crippen MR) is 208 cm³/mol. The maximum atomic E-state index is 13.2. The van der Waals surface area contributed by atoms with E-state index in [1.54, 1.807) is 0 Å². The monoisotopic (exact) mass is 680 g/mol. The fraction of sp³-hybridized carbons (Fsp3) is 0.953. The van der Waals surface area contributed by atoms with Crippen LogP contribution in [0.4, 0.5) is 0 Å². The van der Waals surface area contributed by atoms with Crippen molar-refractivity contribution in [2.75, 3.05) is 32.8 Å². The predicted octanol–water partition coefficient (Wildman–Crippen LogP) is 12.4. The van der Waals surface area contributed by atoms with Crippen molar-refractivity contribution in [3.05, 3.63) is 0 Å². The molecule has 0 aliphatic heterocycles. The van der Waals surface area contributed by atoms with Gasteiger partial charge >= 0.3 is 5.97 Å². The van der Waals surface area contributed by atoms with Gasteiger partial charge in [-0.25, -0.2) is 0 Å². The summed E-state index contributed by atoms with van der Waals surface area (Å²) in [5.74, 6) is 0.881. The van der Waals surface area contributed by atoms with Crippen molar-refractivity contribution in [1.82, 2.24) is 4.90 Å². The van der Waals surface area contributed by atoms with E-state index in [9.17, 15) is 14.7 Å². The average Bonchev–Trinajstić information content (AvgIpc) is 3.08. The smallest absolute Gasteiger partial charge is 0.308 e. The first-order chi connectivity index (χ1) is 23.5. The summed E-state index contributed by atoms with van der Waals surface area (Å²) in [6, 6.07) is 0. The summed E-state index contributed by atoms with van der Waals surface area (Å²) >= 11 is 0. The van der Waals surface area contributed by atoms with Crippen LogP contribution >= 0.6 is 0 Å². The normalized spacial score (nSPS) is 12.9. The molecule has 0 rings (SSSR count). The first-order valence-corrected chi connectivity index (χ1v) is 21.6. The SMILES string of the molecule is CCCCCCCCC(CCCCCC)C(=O)CCCCCN(CCO)CCCCOC(=O)C(CCCCCC)CCCCCCCC. The van der Waals surface area contributed by atoms with Gasteiger partial charge in [0.05, 0.1) is 19.1 Å². The summed E-state index contributed by atoms with van der Waals surface area (Å²) in [5, 5.41) is 9.63. The van der Waals surface area contributed by atoms with E-state index in [2.05, 4.69) is 32.6 Å². The molecule has 286 valence electrons. The number of ether oxygens (including phenoxy) is 1. The van der Waals surface area contributed by atoms with Gasteiger partial charge < -0.3 is 14.7 Å². The van der Waals surface area contributed by atoms with Gasteiger partial charge in [0.15, 0.2) is 0 Å². The molecule has 5 nitrogen and oxygen atoms in total. The van der Waals surface area contributed by atoms with Gasteiger partial charge in [0.25, 0.3) is 0 Å². The van der Waals surface area contributed by atoms with Gasteiger partial charge in [0, 0.05) is 18.9 Å². The van der Waals surface area contributed by atoms with Gasteiger partial charge in [-0.3, -0.25) is 9.59 Å². The highest BCUT2D eigenvalue weighted by Crippen LogP contribution is 2.23. The Hall–Kier alpha value is -0.940. The Morgan fingerprint density at radius 3 is 1.35 bits per heavy atom. The molecular formula is C43H85NO4. The highest BCUT2D eigenvalue weighted by molar-refractivity contribution is 5.80. The van der Waals surface area contributed by atoms with E-state index in [4.69, 9.17) is 4.74 Å². The second kappa shape index (κ2) is 37.3. The molecule has 5 heteroatoms. The standard InChI is InChI=1S/C43H85NO4/c1-5-9-13-17-19-24-31-40(30-22-15-11-7-3)42(46)34-26-21-27-35-44(37-38-45)36-28-29-39-48-43(47)41(32-23-16-12-8-4)33-25-20-18-14-10-6-2/h40-41,45H,5-39H2,1-4H3. The van der Waals surface area contributed by atoms with Gasteiger partial charge in [-0.2, -0.15) is 0 Å². The molecule has 0 aromatic rings. The molecule has 0 amide bonds. The number of unbranched alkanes of at least 4 members (excludes halogenated alkanes) is 19. The second-order valence-corrected chi connectivity index (χ2v) is 14.9. The van der Waals surface area contributed by atoms with E-state index in [1.807, 2.05) is 0 Å². The number of hydrogen-bond acceptors (Lipinski definition) is 5. The fourth-order valence-corrected chi connectivity index (χ4v) is 7.04. The van der Waals surface area contributed by atoms with Crippen molar-refractivity contribution in [2.45, 2.75) is 220 Å². The van der Waals surface area contributed by atoms with E-state index in [1.165, 1.54) is 116 Å². The Balaban J connectivity index is 4.40. The van der Waals surface area contributed by atoms with Crippen LogP contribution in [0.1, 0.15) is 220 Å². The molecule has 48 heavy (non-hydrogen) atoms. The molecule has 0 bridgehead atoms. The minimum atomic E-state index is 0.0250. The number of aliphatic hydroxyl groups excluding tert-OH is 1. The highest BCUT2D eigenvalue weighted by atomic mass is 16.5. The number of carbonyl (C=O) groups excluding carboxylic acids is 2. The van der Waals surface area contributed by atoms with Crippen molar-refractivity contribution < 1.29 is 19.4 Å². The number of nitrogens with zero attached hydrogens (tertiary/aromatic N) is 1. The highest BCUT2D eigenvalue weighted by Gasteiger charge is 2.20. The molecule has 0 aliphatic rings. The quantitative estimate of drug-likeness (QED) is 0.0517. The van der Waals surface area contributed by atoms with Crippen LogP contribution in [0.3, 0.4) is 0 Å². The van der Waals surface area contributed by atoms with E-state index >= 15 is 0 Å². The third kappa shape index (κ3) is 29.9. The topological polar surface area (TPSA) is 66.8 Å². The molecule has 0 aromatic heterocycles. The number of carbonyl (C=O) groups is 2. The van der Waals surface area contributed by atoms with Crippen LogP contribution < -0.4 is 0 Å². The van der Waals surface area contributed by atoms with Crippen molar-refractivity contribution in [2.24, 2.45) is 11.8 Å². The zero-order valence-corrected chi connectivity index (χ0v) is 33.0. The van der Waals surface area contributed by atoms with Crippen molar-refractivity contribution in [3.8, 4) is 0 Å². The Morgan fingerprint density at radius 2 is 0.875 bits per heavy atom. The molecule has 2 atom stereocenters. The number of ketones is 1. The molecule has 0 radical (unpaired) electrons. The Kier molecular flexibility index (Phi) is 36.6. The number of aliphatic hydroxyl groups is 1. The Labute approximate surface area is 300 Å². The lowest BCUT2D eigenvalue weighted by atomic mass is 9.88. The lowest BCUT2D eigenvalue weighted by Gasteiger charge is -2.21. The van der Waals surface area contributed by atoms with E-state index in [0.717, 1.165) is 90.1 Å². The minimum absolute atomic E-state index is 0.0250. The Bertz CT molecular complexity index is 630. The first-order valence-electron chi connectivity index (χ1n) is 21.6. The second-order valence-electron chi connectivity index (χ2n) is 14.9. The molecule has 0 spiro atoms. The van der Waals surface area contributed by atoms with Crippen molar-refractivity contribution >= 4 is 11.8 Å². The molecule has 1 N–H and O–H groups in total. The zero-order valence-electron chi connectivity index (χ0n) is 33.0. The summed E-state index contributed by atoms with van der Waals surface area (Å²) in [6.45, 7) is 12.3. The number of esters is 1. The van der Waals surface area contributed by atoms with Crippen LogP contribution in [0.15, 0.2) is 0 Å². The molecule has 0 aromatic carbocycles. The van der Waals surface area contributed by atoms with E-state index in [-0.39, 0.29) is 24.4 Å². The number of hydrogen-bond donors (Lipinski definition) is 1. The summed E-state index contributed by atoms with van der Waals surface area (Å²) in [6.07, 6.45) is 35.0. The van der Waals surface area contributed by atoms with Crippen molar-refractivity contribution in [1.29, 1.82) is 0 Å². The van der Waals surface area contributed by atoms with Gasteiger partial charge in [-0.1, -0.05) is 163 Å². The van der Waals surface area contributed by atoms with Crippen LogP contribution in [-0.4, -0.2) is 54.6 Å². The van der Waals surface area contributed by atoms with Gasteiger partial charge in [-0.05, 0) is 64.5 Å². The van der Waals surface area contributed by atoms with E-state index in [0.29, 0.717) is 18.9 Å². The third-order valence-corrected chi connectivity index (χ3v) is 10.3. The minimum Gasteiger partial charge on any atom is -0.465 e. The molecule has 0 saturated heterocycles. The Morgan fingerprint density at radius 1 is 0.479 bits per heavy atom. The largest absolute Gasteiger partial charge is 0.465 e. The lowest BCUT2D eigenvalue weighted by molar-refractivity contribution is -0.149. The zero-order chi connectivity index (χ0) is 35.3. The van der Waals surface area contributed by atoms with Crippen molar-refractivity contribution in [3.63, 3.8) is 0 Å². The van der Waals surface area contributed by atoms with E-state index < -0.39 is 0 Å². The summed E-state index contributed by atoms with van der Waals surface area (Å²) in [4.78, 5) is 28.5. The average molecular weight is 680 g/mol. The van der Waals surface area contributed by atoms with Gasteiger partial charge in [-0.15, -0.1) is 0 Å². The lowest BCUT2D eigenvalue weighted by Crippen LogP contribution is -2.29. The van der Waals surface area contributed by atoms with Gasteiger partial charge in [0.1, 0.15) is 5.78 Å². The number of Topliss-reactive ketones (excluding diaryl/α,β-unsaturated/α-hetero) is 1. The maximum absolute atomic E-state index is 13.2. The van der Waals surface area contributed by atoms with Crippen LogP contribution in [0.5, 0.6) is 0 Å². The van der Waals surface area contributed by atoms with Crippen LogP contribution in [0.25, 0.3) is 0 Å².